The van der Waals surface area contributed by atoms with E-state index in [1.165, 1.54) is 19.2 Å². The zero-order chi connectivity index (χ0) is 22.8. The number of alkyl halides is 3. The summed E-state index contributed by atoms with van der Waals surface area (Å²) < 4.78 is 43.0. The van der Waals surface area contributed by atoms with Gasteiger partial charge < -0.3 is 14.6 Å². The van der Waals surface area contributed by atoms with Gasteiger partial charge in [0, 0.05) is 38.4 Å². The van der Waals surface area contributed by atoms with Crippen LogP contribution in [0.15, 0.2) is 24.3 Å². The van der Waals surface area contributed by atoms with E-state index in [4.69, 9.17) is 4.74 Å². The predicted octanol–water partition coefficient (Wildman–Crippen LogP) is 3.79. The second kappa shape index (κ2) is 9.13. The van der Waals surface area contributed by atoms with Crippen molar-refractivity contribution >= 4 is 11.9 Å². The van der Waals surface area contributed by atoms with E-state index in [1.807, 2.05) is 0 Å². The van der Waals surface area contributed by atoms with E-state index < -0.39 is 17.7 Å². The molecule has 1 amide bonds. The van der Waals surface area contributed by atoms with Crippen LogP contribution in [0.3, 0.4) is 0 Å². The summed E-state index contributed by atoms with van der Waals surface area (Å²) in [6.07, 6.45) is -3.60. The normalized spacial score (nSPS) is 15.6. The maximum Gasteiger partial charge on any atom is 0.416 e. The molecule has 9 heteroatoms. The molecule has 1 aliphatic heterocycles. The minimum Gasteiger partial charge on any atom is -0.465 e. The summed E-state index contributed by atoms with van der Waals surface area (Å²) in [7, 11) is 1.30. The van der Waals surface area contributed by atoms with Gasteiger partial charge in [0.2, 0.25) is 0 Å². The fourth-order valence-electron chi connectivity index (χ4n) is 3.92. The average molecular weight is 437 g/mol. The summed E-state index contributed by atoms with van der Waals surface area (Å²) in [6, 6.07) is 5.18. The van der Waals surface area contributed by atoms with Crippen molar-refractivity contribution in [3.05, 3.63) is 57.9 Å². The number of nitrogens with one attached hydrogen (secondary N) is 1. The number of aromatic amines is 1. The first-order valence-corrected chi connectivity index (χ1v) is 10.1. The number of nitrogens with zero attached hydrogens (tertiary/aromatic N) is 2. The lowest BCUT2D eigenvalue weighted by molar-refractivity contribution is -0.137. The zero-order valence-corrected chi connectivity index (χ0v) is 17.8. The van der Waals surface area contributed by atoms with Crippen LogP contribution in [0, 0.1) is 13.8 Å². The third-order valence-electron chi connectivity index (χ3n) is 5.60. The molecule has 1 fully saturated rings. The summed E-state index contributed by atoms with van der Waals surface area (Å²) in [4.78, 5) is 31.9. The molecular formula is C22H26F3N3O3. The molecule has 0 bridgehead atoms. The number of rotatable bonds is 4. The third kappa shape index (κ3) is 5.10. The molecule has 1 aliphatic rings. The van der Waals surface area contributed by atoms with Gasteiger partial charge in [-0.05, 0) is 43.5 Å². The van der Waals surface area contributed by atoms with Gasteiger partial charge >= 0.3 is 12.1 Å². The van der Waals surface area contributed by atoms with E-state index in [2.05, 4.69) is 9.88 Å². The first-order valence-electron chi connectivity index (χ1n) is 10.1. The Labute approximate surface area is 179 Å². The van der Waals surface area contributed by atoms with Crippen molar-refractivity contribution in [3.8, 4) is 0 Å². The van der Waals surface area contributed by atoms with E-state index in [9.17, 15) is 22.8 Å². The summed E-state index contributed by atoms with van der Waals surface area (Å²) in [5, 5.41) is 0. The van der Waals surface area contributed by atoms with Crippen molar-refractivity contribution in [2.45, 2.75) is 33.0 Å². The van der Waals surface area contributed by atoms with Crippen molar-refractivity contribution in [2.75, 3.05) is 33.3 Å². The maximum atomic E-state index is 13.1. The molecule has 1 saturated heterocycles. The molecule has 0 spiro atoms. The molecule has 6 nitrogen and oxygen atoms in total. The highest BCUT2D eigenvalue weighted by atomic mass is 19.4. The highest BCUT2D eigenvalue weighted by Gasteiger charge is 2.30. The molecular weight excluding hydrogens is 411 g/mol. The van der Waals surface area contributed by atoms with Crippen molar-refractivity contribution in [1.29, 1.82) is 0 Å². The monoisotopic (exact) mass is 437 g/mol. The zero-order valence-electron chi connectivity index (χ0n) is 17.8. The van der Waals surface area contributed by atoms with E-state index in [1.54, 1.807) is 18.7 Å². The van der Waals surface area contributed by atoms with Gasteiger partial charge in [-0.2, -0.15) is 13.2 Å². The number of benzene rings is 1. The molecule has 1 aromatic carbocycles. The number of hydrogen-bond donors (Lipinski definition) is 1. The summed E-state index contributed by atoms with van der Waals surface area (Å²) in [5.41, 5.74) is 2.06. The van der Waals surface area contributed by atoms with Crippen LogP contribution < -0.4 is 0 Å². The largest absolute Gasteiger partial charge is 0.465 e. The van der Waals surface area contributed by atoms with E-state index >= 15 is 0 Å². The molecule has 0 radical (unpaired) electrons. The Kier molecular flexibility index (Phi) is 6.74. The number of aromatic nitrogens is 1. The second-order valence-corrected chi connectivity index (χ2v) is 7.73. The van der Waals surface area contributed by atoms with Gasteiger partial charge in [0.15, 0.2) is 0 Å². The molecule has 2 heterocycles. The number of aryl methyl sites for hydroxylation is 1. The lowest BCUT2D eigenvalue weighted by Gasteiger charge is -2.22. The number of ether oxygens (including phenoxy) is 1. The van der Waals surface area contributed by atoms with Crippen LogP contribution in [-0.2, 0) is 17.5 Å². The van der Waals surface area contributed by atoms with E-state index in [-0.39, 0.29) is 5.91 Å². The Hall–Kier alpha value is -2.81. The quantitative estimate of drug-likeness (QED) is 0.740. The maximum absolute atomic E-state index is 13.1. The van der Waals surface area contributed by atoms with Gasteiger partial charge in [-0.1, -0.05) is 12.1 Å². The Morgan fingerprint density at radius 2 is 1.74 bits per heavy atom. The van der Waals surface area contributed by atoms with E-state index in [0.717, 1.165) is 30.7 Å². The van der Waals surface area contributed by atoms with Crippen LogP contribution in [0.5, 0.6) is 0 Å². The Balaban J connectivity index is 1.65. The summed E-state index contributed by atoms with van der Waals surface area (Å²) in [5.74, 6) is -0.656. The number of esters is 1. The predicted molar refractivity (Wildman–Crippen MR) is 109 cm³/mol. The summed E-state index contributed by atoms with van der Waals surface area (Å²) in [6.45, 7) is 6.36. The summed E-state index contributed by atoms with van der Waals surface area (Å²) >= 11 is 0. The second-order valence-electron chi connectivity index (χ2n) is 7.73. The smallest absolute Gasteiger partial charge is 0.416 e. The van der Waals surface area contributed by atoms with Gasteiger partial charge in [0.05, 0.1) is 18.2 Å². The highest BCUT2D eigenvalue weighted by molar-refractivity contribution is 6.00. The first-order chi connectivity index (χ1) is 14.6. The number of methoxy groups -OCH3 is 1. The molecule has 2 aromatic rings. The topological polar surface area (TPSA) is 65.6 Å². The average Bonchev–Trinajstić information content (AvgIpc) is 2.88. The van der Waals surface area contributed by atoms with Crippen molar-refractivity contribution < 1.29 is 27.5 Å². The van der Waals surface area contributed by atoms with Gasteiger partial charge in [0.25, 0.3) is 5.91 Å². The standard InChI is InChI=1S/C22H26F3N3O3/c1-14-18(21(30)31-3)15(2)26-19(14)20(29)28-10-4-9-27(11-12-28)13-16-5-7-17(8-6-16)22(23,24)25/h5-8,26H,4,9-13H2,1-3H3. The van der Waals surface area contributed by atoms with Crippen molar-refractivity contribution in [2.24, 2.45) is 0 Å². The number of H-pyrrole nitrogens is 1. The van der Waals surface area contributed by atoms with Crippen LogP contribution in [0.4, 0.5) is 13.2 Å². The van der Waals surface area contributed by atoms with Gasteiger partial charge in [-0.15, -0.1) is 0 Å². The van der Waals surface area contributed by atoms with Gasteiger partial charge in [0.1, 0.15) is 5.69 Å². The Bertz CT molecular complexity index is 951. The minimum atomic E-state index is -4.34. The highest BCUT2D eigenvalue weighted by Crippen LogP contribution is 2.29. The molecule has 31 heavy (non-hydrogen) atoms. The molecule has 0 atom stereocenters. The van der Waals surface area contributed by atoms with Crippen molar-refractivity contribution in [3.63, 3.8) is 0 Å². The number of amides is 1. The molecule has 0 aliphatic carbocycles. The molecule has 3 rings (SSSR count). The third-order valence-corrected chi connectivity index (χ3v) is 5.60. The molecule has 168 valence electrons. The molecule has 0 unspecified atom stereocenters. The molecule has 1 aromatic heterocycles. The van der Waals surface area contributed by atoms with Crippen molar-refractivity contribution in [1.82, 2.24) is 14.8 Å². The first kappa shape index (κ1) is 22.9. The number of carbonyl (C=O) groups excluding carboxylic acids is 2. The lowest BCUT2D eigenvalue weighted by atomic mass is 10.1. The lowest BCUT2D eigenvalue weighted by Crippen LogP contribution is -2.35. The minimum absolute atomic E-state index is 0.174. The van der Waals surface area contributed by atoms with Crippen LogP contribution in [-0.4, -0.2) is 59.9 Å². The fraction of sp³-hybridized carbons (Fsp3) is 0.455. The molecule has 0 saturated carbocycles. The number of halogens is 3. The van der Waals surface area contributed by atoms with Crippen LogP contribution in [0.25, 0.3) is 0 Å². The number of hydrogen-bond acceptors (Lipinski definition) is 4. The Morgan fingerprint density at radius 1 is 1.06 bits per heavy atom. The van der Waals surface area contributed by atoms with Gasteiger partial charge in [-0.25, -0.2) is 4.79 Å². The molecule has 1 N–H and O–H groups in total. The SMILES string of the molecule is COC(=O)c1c(C)[nH]c(C(=O)N2CCCN(Cc3ccc(C(F)(F)F)cc3)CC2)c1C. The van der Waals surface area contributed by atoms with Crippen LogP contribution in [0.1, 0.15) is 49.7 Å². The number of carbonyl (C=O) groups is 2. The van der Waals surface area contributed by atoms with Gasteiger partial charge in [-0.3, -0.25) is 9.69 Å². The Morgan fingerprint density at radius 3 is 2.35 bits per heavy atom. The van der Waals surface area contributed by atoms with E-state index in [0.29, 0.717) is 48.7 Å². The fourth-order valence-corrected chi connectivity index (χ4v) is 3.92. The van der Waals surface area contributed by atoms with Crippen LogP contribution in [0.2, 0.25) is 0 Å². The van der Waals surface area contributed by atoms with Crippen LogP contribution >= 0.6 is 0 Å².